The number of carbonyl (C=O) groups excluding carboxylic acids is 1. The van der Waals surface area contributed by atoms with Gasteiger partial charge in [0.2, 0.25) is 0 Å². The second kappa shape index (κ2) is 11.4. The van der Waals surface area contributed by atoms with E-state index in [1.165, 1.54) is 18.3 Å². The van der Waals surface area contributed by atoms with Gasteiger partial charge >= 0.3 is 0 Å². The molecule has 1 aromatic heterocycles. The monoisotopic (exact) mass is 465 g/mol. The van der Waals surface area contributed by atoms with E-state index in [2.05, 4.69) is 20.5 Å². The normalized spacial score (nSPS) is 13.9. The maximum atomic E-state index is 13.5. The minimum atomic E-state index is -0.598. The van der Waals surface area contributed by atoms with E-state index in [1.807, 2.05) is 24.3 Å². The molecule has 0 saturated carbocycles. The summed E-state index contributed by atoms with van der Waals surface area (Å²) >= 11 is 0. The number of aromatic nitrogens is 1. The van der Waals surface area contributed by atoms with E-state index in [1.54, 1.807) is 18.2 Å². The Bertz CT molecular complexity index is 1100. The van der Waals surface area contributed by atoms with Gasteiger partial charge in [-0.15, -0.1) is 0 Å². The van der Waals surface area contributed by atoms with Crippen LogP contribution in [0.2, 0.25) is 0 Å². The highest BCUT2D eigenvalue weighted by Gasteiger charge is 2.12. The quantitative estimate of drug-likeness (QED) is 0.422. The molecule has 178 valence electrons. The number of ether oxygens (including phenoxy) is 2. The summed E-state index contributed by atoms with van der Waals surface area (Å²) in [7, 11) is 0. The van der Waals surface area contributed by atoms with E-state index < -0.39 is 5.91 Å². The SMILES string of the molecule is NC(=O)c1cnc(Nc2ccc(OCCN3CCOCC3)cc2)cc1NCc1cccc(F)c1. The van der Waals surface area contributed by atoms with Crippen LogP contribution in [0.25, 0.3) is 0 Å². The molecule has 34 heavy (non-hydrogen) atoms. The fourth-order valence-electron chi connectivity index (χ4n) is 3.61. The van der Waals surface area contributed by atoms with Crippen molar-refractivity contribution in [1.29, 1.82) is 0 Å². The van der Waals surface area contributed by atoms with Gasteiger partial charge in [0, 0.05) is 44.1 Å². The van der Waals surface area contributed by atoms with Crippen LogP contribution in [0, 0.1) is 5.82 Å². The molecule has 0 unspecified atom stereocenters. The number of pyridine rings is 1. The van der Waals surface area contributed by atoms with Crippen LogP contribution >= 0.6 is 0 Å². The van der Waals surface area contributed by atoms with Gasteiger partial charge in [0.1, 0.15) is 24.0 Å². The lowest BCUT2D eigenvalue weighted by Gasteiger charge is -2.26. The molecular weight excluding hydrogens is 437 g/mol. The lowest BCUT2D eigenvalue weighted by molar-refractivity contribution is 0.0322. The van der Waals surface area contributed by atoms with Crippen LogP contribution in [0.15, 0.2) is 60.8 Å². The number of rotatable bonds is 10. The first-order valence-corrected chi connectivity index (χ1v) is 11.1. The van der Waals surface area contributed by atoms with Crippen molar-refractivity contribution < 1.29 is 18.7 Å². The molecule has 0 bridgehead atoms. The van der Waals surface area contributed by atoms with Gasteiger partial charge in [-0.05, 0) is 42.0 Å². The minimum absolute atomic E-state index is 0.256. The zero-order valence-electron chi connectivity index (χ0n) is 18.8. The fraction of sp³-hybridized carbons (Fsp3) is 0.280. The van der Waals surface area contributed by atoms with Crippen molar-refractivity contribution >= 4 is 23.1 Å². The lowest BCUT2D eigenvalue weighted by atomic mass is 10.2. The second-order valence-corrected chi connectivity index (χ2v) is 7.91. The highest BCUT2D eigenvalue weighted by molar-refractivity contribution is 5.98. The number of carbonyl (C=O) groups is 1. The predicted octanol–water partition coefficient (Wildman–Crippen LogP) is 3.39. The van der Waals surface area contributed by atoms with Crippen LogP contribution < -0.4 is 21.1 Å². The average Bonchev–Trinajstić information content (AvgIpc) is 2.84. The summed E-state index contributed by atoms with van der Waals surface area (Å²) in [5, 5.41) is 6.36. The summed E-state index contributed by atoms with van der Waals surface area (Å²) in [6, 6.07) is 15.5. The first-order valence-electron chi connectivity index (χ1n) is 11.1. The number of morpholine rings is 1. The van der Waals surface area contributed by atoms with Gasteiger partial charge in [-0.2, -0.15) is 0 Å². The van der Waals surface area contributed by atoms with E-state index in [-0.39, 0.29) is 11.4 Å². The third-order valence-electron chi connectivity index (χ3n) is 5.45. The molecular formula is C25H28FN5O3. The molecule has 1 aliphatic rings. The first kappa shape index (κ1) is 23.5. The number of primary amides is 1. The Kier molecular flexibility index (Phi) is 7.90. The van der Waals surface area contributed by atoms with Gasteiger partial charge < -0.3 is 25.8 Å². The van der Waals surface area contributed by atoms with Crippen molar-refractivity contribution in [3.63, 3.8) is 0 Å². The molecule has 1 fully saturated rings. The van der Waals surface area contributed by atoms with Crippen LogP contribution in [0.3, 0.4) is 0 Å². The molecule has 4 rings (SSSR count). The van der Waals surface area contributed by atoms with Crippen molar-refractivity contribution in [3.8, 4) is 5.75 Å². The summed E-state index contributed by atoms with van der Waals surface area (Å²) in [4.78, 5) is 18.4. The van der Waals surface area contributed by atoms with E-state index in [0.29, 0.717) is 24.7 Å². The van der Waals surface area contributed by atoms with Crippen molar-refractivity contribution in [3.05, 3.63) is 77.7 Å². The molecule has 1 aliphatic heterocycles. The third-order valence-corrected chi connectivity index (χ3v) is 5.45. The van der Waals surface area contributed by atoms with Crippen molar-refractivity contribution in [2.75, 3.05) is 50.1 Å². The number of hydrogen-bond acceptors (Lipinski definition) is 7. The number of nitrogens with one attached hydrogen (secondary N) is 2. The Hall–Kier alpha value is -3.69. The Morgan fingerprint density at radius 3 is 2.68 bits per heavy atom. The highest BCUT2D eigenvalue weighted by Crippen LogP contribution is 2.24. The molecule has 0 spiro atoms. The molecule has 4 N–H and O–H groups in total. The summed E-state index contributed by atoms with van der Waals surface area (Å²) in [5.41, 5.74) is 7.82. The molecule has 1 amide bonds. The zero-order valence-corrected chi connectivity index (χ0v) is 18.8. The van der Waals surface area contributed by atoms with Crippen molar-refractivity contribution in [1.82, 2.24) is 9.88 Å². The summed E-state index contributed by atoms with van der Waals surface area (Å²) in [5.74, 6) is 0.403. The summed E-state index contributed by atoms with van der Waals surface area (Å²) < 4.78 is 24.7. The van der Waals surface area contributed by atoms with Gasteiger partial charge in [-0.1, -0.05) is 12.1 Å². The van der Waals surface area contributed by atoms with Gasteiger partial charge in [0.25, 0.3) is 5.91 Å². The number of anilines is 3. The van der Waals surface area contributed by atoms with E-state index >= 15 is 0 Å². The second-order valence-electron chi connectivity index (χ2n) is 7.91. The summed E-state index contributed by atoms with van der Waals surface area (Å²) in [6.45, 7) is 5.24. The summed E-state index contributed by atoms with van der Waals surface area (Å²) in [6.07, 6.45) is 1.42. The molecule has 0 radical (unpaired) electrons. The van der Waals surface area contributed by atoms with Crippen LogP contribution in [0.5, 0.6) is 5.75 Å². The largest absolute Gasteiger partial charge is 0.492 e. The first-order chi connectivity index (χ1) is 16.6. The number of amides is 1. The number of benzene rings is 2. The number of hydrogen-bond donors (Lipinski definition) is 3. The molecule has 8 nitrogen and oxygen atoms in total. The van der Waals surface area contributed by atoms with E-state index in [9.17, 15) is 9.18 Å². The fourth-order valence-corrected chi connectivity index (χ4v) is 3.61. The third kappa shape index (κ3) is 6.66. The van der Waals surface area contributed by atoms with Crippen LogP contribution in [0.4, 0.5) is 21.6 Å². The molecule has 0 aliphatic carbocycles. The Morgan fingerprint density at radius 1 is 1.15 bits per heavy atom. The van der Waals surface area contributed by atoms with Gasteiger partial charge in [0.05, 0.1) is 24.5 Å². The van der Waals surface area contributed by atoms with Crippen LogP contribution in [-0.2, 0) is 11.3 Å². The Balaban J connectivity index is 1.35. The van der Waals surface area contributed by atoms with Crippen molar-refractivity contribution in [2.24, 2.45) is 5.73 Å². The standard InChI is InChI=1S/C25H28FN5O3/c26-19-3-1-2-18(14-19)16-28-23-15-24(29-17-22(23)25(27)32)30-20-4-6-21(7-5-20)34-13-10-31-8-11-33-12-9-31/h1-7,14-15,17H,8-13,16H2,(H2,27,32)(H2,28,29,30). The maximum absolute atomic E-state index is 13.5. The minimum Gasteiger partial charge on any atom is -0.492 e. The van der Waals surface area contributed by atoms with Crippen LogP contribution in [-0.4, -0.2) is 55.2 Å². The molecule has 1 saturated heterocycles. The molecule has 3 aromatic rings. The zero-order chi connectivity index (χ0) is 23.8. The van der Waals surface area contributed by atoms with Gasteiger partial charge in [-0.25, -0.2) is 9.37 Å². The average molecular weight is 466 g/mol. The molecule has 2 heterocycles. The number of nitrogens with two attached hydrogens (primary N) is 1. The van der Waals surface area contributed by atoms with Gasteiger partial charge in [0.15, 0.2) is 0 Å². The highest BCUT2D eigenvalue weighted by atomic mass is 19.1. The molecule has 2 aromatic carbocycles. The Morgan fingerprint density at radius 2 is 1.94 bits per heavy atom. The Labute approximate surface area is 197 Å². The van der Waals surface area contributed by atoms with Crippen LogP contribution in [0.1, 0.15) is 15.9 Å². The van der Waals surface area contributed by atoms with E-state index in [4.69, 9.17) is 15.2 Å². The topological polar surface area (TPSA) is 102 Å². The smallest absolute Gasteiger partial charge is 0.252 e. The maximum Gasteiger partial charge on any atom is 0.252 e. The lowest BCUT2D eigenvalue weighted by Crippen LogP contribution is -2.38. The van der Waals surface area contributed by atoms with Gasteiger partial charge in [-0.3, -0.25) is 9.69 Å². The predicted molar refractivity (Wildman–Crippen MR) is 129 cm³/mol. The molecule has 0 atom stereocenters. The number of nitrogens with zero attached hydrogens (tertiary/aromatic N) is 2. The van der Waals surface area contributed by atoms with E-state index in [0.717, 1.165) is 49.8 Å². The number of halogens is 1. The molecule has 9 heteroatoms. The van der Waals surface area contributed by atoms with Crippen molar-refractivity contribution in [2.45, 2.75) is 6.54 Å².